The van der Waals surface area contributed by atoms with Crippen molar-refractivity contribution in [1.82, 2.24) is 15.4 Å². The number of halogens is 3. The maximum Gasteiger partial charge on any atom is 0.215 e. The molecule has 0 aliphatic carbocycles. The van der Waals surface area contributed by atoms with Gasteiger partial charge in [-0.2, -0.15) is 4.39 Å². The minimum atomic E-state index is -0.368. The van der Waals surface area contributed by atoms with E-state index in [1.54, 1.807) is 13.1 Å². The molecule has 0 radical (unpaired) electrons. The molecule has 0 unspecified atom stereocenters. The van der Waals surface area contributed by atoms with Crippen molar-refractivity contribution in [3.63, 3.8) is 0 Å². The van der Waals surface area contributed by atoms with Crippen molar-refractivity contribution in [2.24, 2.45) is 0 Å². The molecule has 0 amide bonds. The van der Waals surface area contributed by atoms with E-state index in [1.807, 2.05) is 13.1 Å². The summed E-state index contributed by atoms with van der Waals surface area (Å²) in [6, 6.07) is 2.23. The molecule has 1 aromatic rings. The molecule has 2 heterocycles. The Bertz CT molecular complexity index is 363. The second-order valence-electron chi connectivity index (χ2n) is 3.95. The molecule has 1 atom stereocenters. The number of rotatable bonds is 2. The van der Waals surface area contributed by atoms with Gasteiger partial charge < -0.3 is 0 Å². The third-order valence-corrected chi connectivity index (χ3v) is 2.96. The van der Waals surface area contributed by atoms with E-state index in [4.69, 9.17) is 0 Å². The molecule has 2 rings (SSSR count). The van der Waals surface area contributed by atoms with Crippen LogP contribution in [0, 0.1) is 12.9 Å². The van der Waals surface area contributed by atoms with Gasteiger partial charge in [0.05, 0.1) is 6.04 Å². The number of pyridine rings is 1. The van der Waals surface area contributed by atoms with E-state index in [1.165, 1.54) is 6.42 Å². The highest BCUT2D eigenvalue weighted by Gasteiger charge is 2.25. The normalized spacial score (nSPS) is 19.6. The SMILES string of the molecule is CNN1CCC[C@@H]1c1cnc(F)c(C)c1.Cl.Cl. The van der Waals surface area contributed by atoms with E-state index in [9.17, 15) is 4.39 Å². The number of hydrogen-bond donors (Lipinski definition) is 1. The first-order valence-electron chi connectivity index (χ1n) is 5.28. The van der Waals surface area contributed by atoms with E-state index >= 15 is 0 Å². The Kier molecular flexibility index (Phi) is 6.94. The van der Waals surface area contributed by atoms with Crippen LogP contribution in [0.1, 0.15) is 30.0 Å². The Morgan fingerprint density at radius 3 is 2.76 bits per heavy atom. The summed E-state index contributed by atoms with van der Waals surface area (Å²) in [6.45, 7) is 2.79. The van der Waals surface area contributed by atoms with Crippen LogP contribution in [-0.4, -0.2) is 23.6 Å². The summed E-state index contributed by atoms with van der Waals surface area (Å²) in [6.07, 6.45) is 3.91. The van der Waals surface area contributed by atoms with Crippen molar-refractivity contribution in [3.05, 3.63) is 29.3 Å². The zero-order valence-electron chi connectivity index (χ0n) is 9.94. The number of aryl methyl sites for hydroxylation is 1. The Morgan fingerprint density at radius 2 is 2.18 bits per heavy atom. The summed E-state index contributed by atoms with van der Waals surface area (Å²) >= 11 is 0. The molecule has 1 fully saturated rings. The number of aromatic nitrogens is 1. The van der Waals surface area contributed by atoms with E-state index in [2.05, 4.69) is 15.4 Å². The Labute approximate surface area is 114 Å². The van der Waals surface area contributed by atoms with Crippen LogP contribution >= 0.6 is 24.8 Å². The smallest absolute Gasteiger partial charge is 0.215 e. The van der Waals surface area contributed by atoms with Crippen molar-refractivity contribution in [2.45, 2.75) is 25.8 Å². The average Bonchev–Trinajstić information content (AvgIpc) is 2.70. The van der Waals surface area contributed by atoms with E-state index in [-0.39, 0.29) is 30.8 Å². The predicted octanol–water partition coefficient (Wildman–Crippen LogP) is 2.64. The van der Waals surface area contributed by atoms with Gasteiger partial charge in [0, 0.05) is 18.3 Å². The van der Waals surface area contributed by atoms with E-state index in [0.29, 0.717) is 11.6 Å². The molecule has 0 spiro atoms. The maximum absolute atomic E-state index is 13.0. The second-order valence-corrected chi connectivity index (χ2v) is 3.95. The van der Waals surface area contributed by atoms with Crippen LogP contribution in [0.4, 0.5) is 4.39 Å². The minimum absolute atomic E-state index is 0. The monoisotopic (exact) mass is 281 g/mol. The Morgan fingerprint density at radius 1 is 1.47 bits per heavy atom. The first-order valence-corrected chi connectivity index (χ1v) is 5.28. The molecule has 1 aliphatic rings. The predicted molar refractivity (Wildman–Crippen MR) is 71.2 cm³/mol. The van der Waals surface area contributed by atoms with Gasteiger partial charge in [0.25, 0.3) is 0 Å². The minimum Gasteiger partial charge on any atom is -0.258 e. The third kappa shape index (κ3) is 3.52. The summed E-state index contributed by atoms with van der Waals surface area (Å²) in [4.78, 5) is 3.77. The van der Waals surface area contributed by atoms with Crippen LogP contribution in [0.2, 0.25) is 0 Å². The van der Waals surface area contributed by atoms with Crippen molar-refractivity contribution in [2.75, 3.05) is 13.6 Å². The zero-order valence-corrected chi connectivity index (χ0v) is 11.6. The van der Waals surface area contributed by atoms with Crippen LogP contribution in [0.15, 0.2) is 12.3 Å². The van der Waals surface area contributed by atoms with Crippen LogP contribution in [0.25, 0.3) is 0 Å². The highest BCUT2D eigenvalue weighted by molar-refractivity contribution is 5.85. The molecular formula is C11H18Cl2FN3. The van der Waals surface area contributed by atoms with Gasteiger partial charge in [-0.05, 0) is 38.4 Å². The van der Waals surface area contributed by atoms with Gasteiger partial charge in [-0.3, -0.25) is 5.43 Å². The van der Waals surface area contributed by atoms with Gasteiger partial charge in [0.15, 0.2) is 0 Å². The van der Waals surface area contributed by atoms with Gasteiger partial charge in [-0.1, -0.05) is 0 Å². The summed E-state index contributed by atoms with van der Waals surface area (Å²) in [5.41, 5.74) is 4.88. The second kappa shape index (κ2) is 7.11. The molecule has 1 N–H and O–H groups in total. The Balaban J connectivity index is 0.00000128. The summed E-state index contributed by atoms with van der Waals surface area (Å²) < 4.78 is 13.0. The topological polar surface area (TPSA) is 28.2 Å². The van der Waals surface area contributed by atoms with Gasteiger partial charge >= 0.3 is 0 Å². The van der Waals surface area contributed by atoms with Crippen molar-refractivity contribution < 1.29 is 4.39 Å². The van der Waals surface area contributed by atoms with Crippen molar-refractivity contribution >= 4 is 24.8 Å². The van der Waals surface area contributed by atoms with E-state index in [0.717, 1.165) is 18.5 Å². The summed E-state index contributed by atoms with van der Waals surface area (Å²) in [5.74, 6) is -0.368. The first kappa shape index (κ1) is 16.6. The highest BCUT2D eigenvalue weighted by Crippen LogP contribution is 2.30. The lowest BCUT2D eigenvalue weighted by Gasteiger charge is -2.23. The molecule has 17 heavy (non-hydrogen) atoms. The summed E-state index contributed by atoms with van der Waals surface area (Å²) in [7, 11) is 1.92. The molecule has 3 nitrogen and oxygen atoms in total. The van der Waals surface area contributed by atoms with E-state index < -0.39 is 0 Å². The van der Waals surface area contributed by atoms with Crippen molar-refractivity contribution in [1.29, 1.82) is 0 Å². The molecule has 6 heteroatoms. The standard InChI is InChI=1S/C11H16FN3.2ClH/c1-8-6-9(7-14-11(8)12)10-4-3-5-15(10)13-2;;/h6-7,10,13H,3-5H2,1-2H3;2*1H/t10-;;/m1../s1. The molecule has 1 saturated heterocycles. The zero-order chi connectivity index (χ0) is 10.8. The van der Waals surface area contributed by atoms with Gasteiger partial charge in [0.1, 0.15) is 0 Å². The first-order chi connectivity index (χ1) is 7.22. The number of nitrogens with one attached hydrogen (secondary N) is 1. The van der Waals surface area contributed by atoms with Crippen LogP contribution < -0.4 is 5.43 Å². The molecule has 0 bridgehead atoms. The van der Waals surface area contributed by atoms with Crippen LogP contribution in [-0.2, 0) is 0 Å². The fourth-order valence-corrected chi connectivity index (χ4v) is 2.14. The molecule has 98 valence electrons. The largest absolute Gasteiger partial charge is 0.258 e. The van der Waals surface area contributed by atoms with Crippen molar-refractivity contribution in [3.8, 4) is 0 Å². The lowest BCUT2D eigenvalue weighted by Crippen LogP contribution is -2.34. The van der Waals surface area contributed by atoms with Gasteiger partial charge in [0.2, 0.25) is 5.95 Å². The fourth-order valence-electron chi connectivity index (χ4n) is 2.14. The highest BCUT2D eigenvalue weighted by atomic mass is 35.5. The number of hydrazine groups is 1. The maximum atomic E-state index is 13.0. The quantitative estimate of drug-likeness (QED) is 0.845. The average molecular weight is 282 g/mol. The lowest BCUT2D eigenvalue weighted by molar-refractivity contribution is 0.190. The number of nitrogens with zero attached hydrogens (tertiary/aromatic N) is 2. The summed E-state index contributed by atoms with van der Waals surface area (Å²) in [5, 5.41) is 2.17. The van der Waals surface area contributed by atoms with Gasteiger partial charge in [-0.15, -0.1) is 24.8 Å². The van der Waals surface area contributed by atoms with Gasteiger partial charge in [-0.25, -0.2) is 9.99 Å². The lowest BCUT2D eigenvalue weighted by atomic mass is 10.1. The van der Waals surface area contributed by atoms with Crippen LogP contribution in [0.3, 0.4) is 0 Å². The molecule has 1 aliphatic heterocycles. The molecule has 0 aromatic carbocycles. The van der Waals surface area contributed by atoms with Crippen LogP contribution in [0.5, 0.6) is 0 Å². The fraction of sp³-hybridized carbons (Fsp3) is 0.545. The number of hydrogen-bond acceptors (Lipinski definition) is 3. The Hall–Kier alpha value is -0.420. The molecule has 0 saturated carbocycles. The molecular weight excluding hydrogens is 264 g/mol. The molecule has 1 aromatic heterocycles. The third-order valence-electron chi connectivity index (χ3n) is 2.96.